The fourth-order valence-electron chi connectivity index (χ4n) is 4.03. The van der Waals surface area contributed by atoms with Crippen LogP contribution < -0.4 is 21.7 Å². The maximum Gasteiger partial charge on any atom is 0.326 e. The quantitative estimate of drug-likeness (QED) is 0.137. The van der Waals surface area contributed by atoms with Gasteiger partial charge in [0, 0.05) is 43.0 Å². The molecule has 0 aliphatic carbocycles. The van der Waals surface area contributed by atoms with E-state index in [1.165, 1.54) is 25.0 Å². The normalized spacial score (nSPS) is 14.8. The molecule has 13 nitrogen and oxygen atoms in total. The second-order valence-electron chi connectivity index (χ2n) is 9.68. The van der Waals surface area contributed by atoms with Crippen molar-refractivity contribution in [2.45, 2.75) is 63.7 Å². The fraction of sp³-hybridized carbons (Fsp3) is 0.407. The fourth-order valence-corrected chi connectivity index (χ4v) is 4.03. The van der Waals surface area contributed by atoms with Crippen LogP contribution >= 0.6 is 0 Å². The maximum atomic E-state index is 13.5. The van der Waals surface area contributed by atoms with Gasteiger partial charge in [-0.2, -0.15) is 0 Å². The van der Waals surface area contributed by atoms with Crippen LogP contribution in [0.2, 0.25) is 0 Å². The van der Waals surface area contributed by atoms with Crippen molar-refractivity contribution in [1.29, 1.82) is 0 Å². The number of H-pyrrole nitrogens is 2. The summed E-state index contributed by atoms with van der Waals surface area (Å²) in [4.78, 5) is 65.3. The van der Waals surface area contributed by atoms with E-state index in [0.29, 0.717) is 17.8 Å². The number of nitrogens with one attached hydrogen (secondary N) is 5. The Morgan fingerprint density at radius 1 is 0.825 bits per heavy atom. The number of imidazole rings is 2. The molecular formula is C27H36N8O5. The highest BCUT2D eigenvalue weighted by molar-refractivity contribution is 5.94. The van der Waals surface area contributed by atoms with E-state index < -0.39 is 47.9 Å². The van der Waals surface area contributed by atoms with E-state index in [1.54, 1.807) is 24.3 Å². The van der Waals surface area contributed by atoms with Crippen molar-refractivity contribution in [3.63, 3.8) is 0 Å². The molecule has 2 heterocycles. The lowest BCUT2D eigenvalue weighted by Gasteiger charge is -2.26. The summed E-state index contributed by atoms with van der Waals surface area (Å²) in [6.45, 7) is 3.76. The molecule has 0 bridgehead atoms. The number of aromatic amines is 2. The van der Waals surface area contributed by atoms with Gasteiger partial charge < -0.3 is 36.8 Å². The lowest BCUT2D eigenvalue weighted by atomic mass is 9.98. The summed E-state index contributed by atoms with van der Waals surface area (Å²) in [6, 6.07) is 4.68. The first kappa shape index (κ1) is 30.0. The Bertz CT molecular complexity index is 1230. The van der Waals surface area contributed by atoms with Gasteiger partial charge in [0.2, 0.25) is 17.7 Å². The second-order valence-corrected chi connectivity index (χ2v) is 9.68. The van der Waals surface area contributed by atoms with Gasteiger partial charge in [0.15, 0.2) is 0 Å². The average molecular weight is 553 g/mol. The molecule has 2 aromatic heterocycles. The molecule has 3 aromatic rings. The number of rotatable bonds is 15. The minimum Gasteiger partial charge on any atom is -0.480 e. The number of hydrogen-bond donors (Lipinski definition) is 7. The number of hydrogen-bond acceptors (Lipinski definition) is 7. The molecular weight excluding hydrogens is 516 g/mol. The van der Waals surface area contributed by atoms with Crippen molar-refractivity contribution in [2.24, 2.45) is 11.7 Å². The van der Waals surface area contributed by atoms with Gasteiger partial charge in [0.25, 0.3) is 0 Å². The predicted octanol–water partition coefficient (Wildman–Crippen LogP) is 0.0731. The van der Waals surface area contributed by atoms with Gasteiger partial charge in [0.1, 0.15) is 18.1 Å². The number of aromatic nitrogens is 4. The van der Waals surface area contributed by atoms with Gasteiger partial charge in [-0.3, -0.25) is 14.4 Å². The van der Waals surface area contributed by atoms with Gasteiger partial charge in [-0.15, -0.1) is 0 Å². The van der Waals surface area contributed by atoms with E-state index in [-0.39, 0.29) is 25.2 Å². The molecule has 3 amide bonds. The number of carbonyl (C=O) groups excluding carboxylic acids is 3. The first-order valence-corrected chi connectivity index (χ1v) is 13.1. The Kier molecular flexibility index (Phi) is 10.9. The molecule has 0 aliphatic rings. The zero-order valence-electron chi connectivity index (χ0n) is 22.5. The SMILES string of the molecule is CCC(C)C(N)C(=O)NC(Cc1cnc[nH]1)C(=O)NC(Cc1ccccc1)C(=O)NC(Cc1cnc[nH]1)C(=O)O. The van der Waals surface area contributed by atoms with Crippen LogP contribution in [0.5, 0.6) is 0 Å². The van der Waals surface area contributed by atoms with Crippen molar-refractivity contribution in [3.8, 4) is 0 Å². The van der Waals surface area contributed by atoms with E-state index in [1.807, 2.05) is 19.9 Å². The van der Waals surface area contributed by atoms with Crippen LogP contribution in [0.15, 0.2) is 55.4 Å². The first-order valence-electron chi connectivity index (χ1n) is 13.1. The number of nitrogens with zero attached hydrogens (tertiary/aromatic N) is 2. The van der Waals surface area contributed by atoms with Gasteiger partial charge in [-0.05, 0) is 11.5 Å². The van der Waals surface area contributed by atoms with Gasteiger partial charge in [0.05, 0.1) is 18.7 Å². The minimum absolute atomic E-state index is 0.0287. The first-order chi connectivity index (χ1) is 19.2. The number of carboxylic acid groups (broad SMARTS) is 1. The Morgan fingerprint density at radius 3 is 1.82 bits per heavy atom. The number of aliphatic carboxylic acids is 1. The summed E-state index contributed by atoms with van der Waals surface area (Å²) in [5, 5.41) is 17.7. The third-order valence-electron chi connectivity index (χ3n) is 6.68. The van der Waals surface area contributed by atoms with Gasteiger partial charge in [-0.25, -0.2) is 14.8 Å². The Balaban J connectivity index is 1.81. The van der Waals surface area contributed by atoms with Gasteiger partial charge >= 0.3 is 5.97 Å². The molecule has 3 rings (SSSR count). The molecule has 40 heavy (non-hydrogen) atoms. The summed E-state index contributed by atoms with van der Waals surface area (Å²) in [7, 11) is 0. The number of benzene rings is 1. The Morgan fingerprint density at radius 2 is 1.32 bits per heavy atom. The van der Waals surface area contributed by atoms with Crippen LogP contribution in [0.25, 0.3) is 0 Å². The van der Waals surface area contributed by atoms with E-state index in [9.17, 15) is 24.3 Å². The third kappa shape index (κ3) is 8.76. The molecule has 1 aromatic carbocycles. The standard InChI is InChI=1S/C27H36N8O5/c1-3-16(2)23(28)26(38)34-21(10-18-12-29-14-31-18)25(37)33-20(9-17-7-5-4-6-8-17)24(36)35-22(27(39)40)11-19-13-30-15-32-19/h4-8,12-16,20-23H,3,9-11,28H2,1-2H3,(H,29,31)(H,30,32)(H,33,37)(H,34,38)(H,35,36)(H,39,40). The molecule has 0 radical (unpaired) electrons. The van der Waals surface area contributed by atoms with E-state index >= 15 is 0 Å². The zero-order valence-corrected chi connectivity index (χ0v) is 22.5. The third-order valence-corrected chi connectivity index (χ3v) is 6.68. The van der Waals surface area contributed by atoms with Crippen LogP contribution in [0, 0.1) is 5.92 Å². The lowest BCUT2D eigenvalue weighted by Crippen LogP contribution is -2.58. The summed E-state index contributed by atoms with van der Waals surface area (Å²) < 4.78 is 0. The molecule has 0 fully saturated rings. The number of carboxylic acids is 1. The topological polar surface area (TPSA) is 208 Å². The number of nitrogens with two attached hydrogens (primary N) is 1. The van der Waals surface area contributed by atoms with Crippen LogP contribution in [0.3, 0.4) is 0 Å². The summed E-state index contributed by atoms with van der Waals surface area (Å²) in [5.74, 6) is -3.17. The summed E-state index contributed by atoms with van der Waals surface area (Å²) >= 11 is 0. The van der Waals surface area contributed by atoms with Crippen LogP contribution in [0.1, 0.15) is 37.2 Å². The second kappa shape index (κ2) is 14.6. The van der Waals surface area contributed by atoms with Crippen LogP contribution in [0.4, 0.5) is 0 Å². The van der Waals surface area contributed by atoms with Crippen LogP contribution in [-0.4, -0.2) is 72.9 Å². The molecule has 5 unspecified atom stereocenters. The molecule has 0 aliphatic heterocycles. The van der Waals surface area contributed by atoms with E-state index in [2.05, 4.69) is 35.9 Å². The number of amides is 3. The molecule has 13 heteroatoms. The highest BCUT2D eigenvalue weighted by Gasteiger charge is 2.31. The van der Waals surface area contributed by atoms with Crippen molar-refractivity contribution < 1.29 is 24.3 Å². The maximum absolute atomic E-state index is 13.5. The molecule has 0 saturated heterocycles. The molecule has 214 valence electrons. The average Bonchev–Trinajstić information content (AvgIpc) is 3.66. The smallest absolute Gasteiger partial charge is 0.326 e. The Labute approximate surface area is 231 Å². The van der Waals surface area contributed by atoms with Crippen molar-refractivity contribution in [3.05, 3.63) is 72.3 Å². The Hall–Kier alpha value is -4.52. The monoisotopic (exact) mass is 552 g/mol. The van der Waals surface area contributed by atoms with Crippen molar-refractivity contribution >= 4 is 23.7 Å². The summed E-state index contributed by atoms with van der Waals surface area (Å²) in [5.41, 5.74) is 7.95. The molecule has 0 spiro atoms. The molecule has 8 N–H and O–H groups in total. The zero-order chi connectivity index (χ0) is 29.1. The predicted molar refractivity (Wildman–Crippen MR) is 146 cm³/mol. The van der Waals surface area contributed by atoms with E-state index in [4.69, 9.17) is 5.73 Å². The van der Waals surface area contributed by atoms with E-state index in [0.717, 1.165) is 5.56 Å². The molecule has 5 atom stereocenters. The minimum atomic E-state index is -1.27. The van der Waals surface area contributed by atoms with Gasteiger partial charge in [-0.1, -0.05) is 50.6 Å². The number of carbonyl (C=O) groups is 4. The highest BCUT2D eigenvalue weighted by Crippen LogP contribution is 2.09. The summed E-state index contributed by atoms with van der Waals surface area (Å²) in [6.07, 6.45) is 6.67. The highest BCUT2D eigenvalue weighted by atomic mass is 16.4. The van der Waals surface area contributed by atoms with Crippen LogP contribution in [-0.2, 0) is 38.4 Å². The largest absolute Gasteiger partial charge is 0.480 e. The van der Waals surface area contributed by atoms with Crippen molar-refractivity contribution in [1.82, 2.24) is 35.9 Å². The lowest BCUT2D eigenvalue weighted by molar-refractivity contribution is -0.142. The van der Waals surface area contributed by atoms with Crippen molar-refractivity contribution in [2.75, 3.05) is 0 Å². The molecule has 0 saturated carbocycles.